The number of rotatable bonds is 3. The van der Waals surface area contributed by atoms with Gasteiger partial charge in [-0.2, -0.15) is 0 Å². The highest BCUT2D eigenvalue weighted by atomic mass is 16.5. The van der Waals surface area contributed by atoms with Crippen molar-refractivity contribution in [3.63, 3.8) is 0 Å². The minimum absolute atomic E-state index is 0.0275. The average Bonchev–Trinajstić information content (AvgIpc) is 2.95. The predicted molar refractivity (Wildman–Crippen MR) is 80.7 cm³/mol. The van der Waals surface area contributed by atoms with Crippen LogP contribution in [0.4, 0.5) is 0 Å². The van der Waals surface area contributed by atoms with Gasteiger partial charge >= 0.3 is 0 Å². The fraction of sp³-hybridized carbons (Fsp3) is 0.667. The molecule has 0 aliphatic carbocycles. The van der Waals surface area contributed by atoms with E-state index in [4.69, 9.17) is 9.26 Å². The number of carbonyl (C=O) groups excluding carboxylic acids is 2. The van der Waals surface area contributed by atoms with E-state index in [1.54, 1.807) is 11.0 Å². The van der Waals surface area contributed by atoms with Crippen LogP contribution in [0.25, 0.3) is 0 Å². The summed E-state index contributed by atoms with van der Waals surface area (Å²) in [6, 6.07) is 1.64. The monoisotopic (exact) mass is 322 g/mol. The molecule has 8 heteroatoms. The molecule has 1 aromatic heterocycles. The maximum Gasteiger partial charge on any atom is 0.276 e. The minimum Gasteiger partial charge on any atom is -0.379 e. The first-order valence-corrected chi connectivity index (χ1v) is 7.97. The first kappa shape index (κ1) is 15.9. The Bertz CT molecular complexity index is 568. The van der Waals surface area contributed by atoms with Crippen LogP contribution in [0.1, 0.15) is 29.6 Å². The van der Waals surface area contributed by atoms with Crippen molar-refractivity contribution in [3.05, 3.63) is 17.5 Å². The molecule has 8 nitrogen and oxygen atoms in total. The van der Waals surface area contributed by atoms with Crippen molar-refractivity contribution in [1.29, 1.82) is 0 Å². The van der Waals surface area contributed by atoms with Crippen molar-refractivity contribution >= 4 is 11.8 Å². The standard InChI is InChI=1S/C15H22N4O4/c1-11-9-16-14(20)2-3-19(11)15(21)13-8-12(23-17-13)10-18-4-6-22-7-5-18/h8,11H,2-7,9-10H2,1H3,(H,16,20)/t11-/m0/s1. The Morgan fingerprint density at radius 3 is 2.96 bits per heavy atom. The molecule has 2 aliphatic heterocycles. The van der Waals surface area contributed by atoms with Crippen LogP contribution in [-0.4, -0.2) is 72.2 Å². The van der Waals surface area contributed by atoms with Gasteiger partial charge in [0.25, 0.3) is 5.91 Å². The maximum atomic E-state index is 12.6. The third-order valence-corrected chi connectivity index (χ3v) is 4.23. The van der Waals surface area contributed by atoms with Crippen molar-refractivity contribution in [1.82, 2.24) is 20.3 Å². The van der Waals surface area contributed by atoms with Gasteiger partial charge in [-0.1, -0.05) is 5.16 Å². The third kappa shape index (κ3) is 3.89. The smallest absolute Gasteiger partial charge is 0.276 e. The fourth-order valence-corrected chi connectivity index (χ4v) is 2.82. The van der Waals surface area contributed by atoms with Crippen molar-refractivity contribution < 1.29 is 18.8 Å². The Hall–Kier alpha value is -1.93. The topological polar surface area (TPSA) is 87.9 Å². The van der Waals surface area contributed by atoms with Crippen LogP contribution >= 0.6 is 0 Å². The largest absolute Gasteiger partial charge is 0.379 e. The van der Waals surface area contributed by atoms with Crippen LogP contribution in [0.2, 0.25) is 0 Å². The Balaban J connectivity index is 1.64. The van der Waals surface area contributed by atoms with Gasteiger partial charge in [0.15, 0.2) is 11.5 Å². The molecular formula is C15H22N4O4. The lowest BCUT2D eigenvalue weighted by Crippen LogP contribution is -2.41. The first-order chi connectivity index (χ1) is 11.1. The number of carbonyl (C=O) groups is 2. The molecule has 3 heterocycles. The SMILES string of the molecule is C[C@H]1CNC(=O)CCN1C(=O)c1cc(CN2CCOCC2)on1. The second-order valence-electron chi connectivity index (χ2n) is 5.97. The Morgan fingerprint density at radius 2 is 2.17 bits per heavy atom. The van der Waals surface area contributed by atoms with Gasteiger partial charge < -0.3 is 19.5 Å². The van der Waals surface area contributed by atoms with E-state index in [1.165, 1.54) is 0 Å². The van der Waals surface area contributed by atoms with Crippen molar-refractivity contribution in [2.45, 2.75) is 25.9 Å². The highest BCUT2D eigenvalue weighted by Crippen LogP contribution is 2.14. The fourth-order valence-electron chi connectivity index (χ4n) is 2.82. The molecule has 3 rings (SSSR count). The summed E-state index contributed by atoms with van der Waals surface area (Å²) in [6.45, 7) is 6.53. The summed E-state index contributed by atoms with van der Waals surface area (Å²) < 4.78 is 10.6. The Kier molecular flexibility index (Phi) is 4.92. The lowest BCUT2D eigenvalue weighted by atomic mass is 10.2. The molecule has 0 bridgehead atoms. The zero-order valence-corrected chi connectivity index (χ0v) is 13.3. The van der Waals surface area contributed by atoms with Crippen LogP contribution < -0.4 is 5.32 Å². The van der Waals surface area contributed by atoms with Crippen LogP contribution in [0.5, 0.6) is 0 Å². The van der Waals surface area contributed by atoms with E-state index < -0.39 is 0 Å². The highest BCUT2D eigenvalue weighted by Gasteiger charge is 2.27. The molecular weight excluding hydrogens is 300 g/mol. The minimum atomic E-state index is -0.189. The summed E-state index contributed by atoms with van der Waals surface area (Å²) in [5.41, 5.74) is 0.300. The van der Waals surface area contributed by atoms with Gasteiger partial charge in [-0.3, -0.25) is 14.5 Å². The van der Waals surface area contributed by atoms with Crippen LogP contribution in [0.3, 0.4) is 0 Å². The number of hydrogen-bond acceptors (Lipinski definition) is 6. The summed E-state index contributed by atoms with van der Waals surface area (Å²) in [7, 11) is 0. The third-order valence-electron chi connectivity index (χ3n) is 4.23. The molecule has 2 saturated heterocycles. The lowest BCUT2D eigenvalue weighted by Gasteiger charge is -2.25. The number of nitrogens with one attached hydrogen (secondary N) is 1. The van der Waals surface area contributed by atoms with Crippen LogP contribution in [0, 0.1) is 0 Å². The number of amides is 2. The molecule has 0 unspecified atom stereocenters. The second kappa shape index (κ2) is 7.10. The summed E-state index contributed by atoms with van der Waals surface area (Å²) in [6.07, 6.45) is 0.314. The zero-order chi connectivity index (χ0) is 16.2. The molecule has 1 atom stereocenters. The summed E-state index contributed by atoms with van der Waals surface area (Å²) >= 11 is 0. The molecule has 2 amide bonds. The number of hydrogen-bond donors (Lipinski definition) is 1. The van der Waals surface area contributed by atoms with Crippen molar-refractivity contribution in [2.75, 3.05) is 39.4 Å². The maximum absolute atomic E-state index is 12.6. The quantitative estimate of drug-likeness (QED) is 0.833. The van der Waals surface area contributed by atoms with Crippen LogP contribution in [0.15, 0.2) is 10.6 Å². The molecule has 0 saturated carbocycles. The number of aromatic nitrogens is 1. The highest BCUT2D eigenvalue weighted by molar-refractivity contribution is 5.93. The predicted octanol–water partition coefficient (Wildman–Crippen LogP) is -0.143. The van der Waals surface area contributed by atoms with E-state index in [0.717, 1.165) is 13.1 Å². The van der Waals surface area contributed by atoms with Gasteiger partial charge in [-0.05, 0) is 6.92 Å². The van der Waals surface area contributed by atoms with Gasteiger partial charge in [0, 0.05) is 44.7 Å². The van der Waals surface area contributed by atoms with Gasteiger partial charge in [0.1, 0.15) is 0 Å². The van der Waals surface area contributed by atoms with E-state index in [9.17, 15) is 9.59 Å². The Labute approximate surface area is 134 Å². The molecule has 1 N–H and O–H groups in total. The molecule has 1 aromatic rings. The summed E-state index contributed by atoms with van der Waals surface area (Å²) in [5.74, 6) is 0.457. The zero-order valence-electron chi connectivity index (χ0n) is 13.3. The average molecular weight is 322 g/mol. The summed E-state index contributed by atoms with van der Waals surface area (Å²) in [4.78, 5) is 27.9. The normalized spacial score (nSPS) is 23.4. The first-order valence-electron chi connectivity index (χ1n) is 7.97. The number of ether oxygens (including phenoxy) is 1. The molecule has 2 aliphatic rings. The van der Waals surface area contributed by atoms with E-state index in [0.29, 0.717) is 50.7 Å². The van der Waals surface area contributed by atoms with E-state index in [1.807, 2.05) is 6.92 Å². The van der Waals surface area contributed by atoms with Crippen molar-refractivity contribution in [2.24, 2.45) is 0 Å². The molecule has 2 fully saturated rings. The number of morpholine rings is 1. The molecule has 0 spiro atoms. The molecule has 0 radical (unpaired) electrons. The number of nitrogens with zero attached hydrogens (tertiary/aromatic N) is 3. The lowest BCUT2D eigenvalue weighted by molar-refractivity contribution is -0.120. The van der Waals surface area contributed by atoms with E-state index >= 15 is 0 Å². The molecule has 23 heavy (non-hydrogen) atoms. The van der Waals surface area contributed by atoms with E-state index in [-0.39, 0.29) is 17.9 Å². The second-order valence-corrected chi connectivity index (χ2v) is 5.97. The van der Waals surface area contributed by atoms with Gasteiger partial charge in [0.05, 0.1) is 19.8 Å². The Morgan fingerprint density at radius 1 is 1.39 bits per heavy atom. The van der Waals surface area contributed by atoms with Gasteiger partial charge in [-0.15, -0.1) is 0 Å². The van der Waals surface area contributed by atoms with Gasteiger partial charge in [0.2, 0.25) is 5.91 Å². The van der Waals surface area contributed by atoms with Gasteiger partial charge in [-0.25, -0.2) is 0 Å². The van der Waals surface area contributed by atoms with Crippen molar-refractivity contribution in [3.8, 4) is 0 Å². The van der Waals surface area contributed by atoms with E-state index in [2.05, 4.69) is 15.4 Å². The van der Waals surface area contributed by atoms with Crippen LogP contribution in [-0.2, 0) is 16.1 Å². The molecule has 126 valence electrons. The molecule has 0 aromatic carbocycles. The summed E-state index contributed by atoms with van der Waals surface area (Å²) in [5, 5.41) is 6.71.